The third-order valence-corrected chi connectivity index (χ3v) is 10.0. The van der Waals surface area contributed by atoms with E-state index in [0.717, 1.165) is 15.9 Å². The SMILES string of the molecule is CCN1C(=O)C(=P(c2ccccc2)(c2ccccc2)c2ccccc2)C(=O)N(CC)C1=O. The molecule has 0 N–H and O–H groups in total. The first-order valence-electron chi connectivity index (χ1n) is 10.7. The van der Waals surface area contributed by atoms with Gasteiger partial charge in [-0.05, 0) is 36.6 Å². The summed E-state index contributed by atoms with van der Waals surface area (Å²) < 4.78 is 0. The minimum absolute atomic E-state index is 0.171. The van der Waals surface area contributed by atoms with Crippen LogP contribution < -0.4 is 15.9 Å². The fourth-order valence-corrected chi connectivity index (χ4v) is 8.64. The number of nitrogens with zero attached hydrogens (tertiary/aromatic N) is 2. The molecular weight excluding hydrogens is 419 g/mol. The molecule has 1 heterocycles. The van der Waals surface area contributed by atoms with Gasteiger partial charge in [0.1, 0.15) is 5.29 Å². The van der Waals surface area contributed by atoms with Gasteiger partial charge in [0, 0.05) is 13.1 Å². The van der Waals surface area contributed by atoms with Crippen molar-refractivity contribution in [3.63, 3.8) is 0 Å². The van der Waals surface area contributed by atoms with Crippen molar-refractivity contribution in [1.82, 2.24) is 9.80 Å². The third-order valence-electron chi connectivity index (χ3n) is 5.76. The first-order chi connectivity index (χ1) is 15.6. The van der Waals surface area contributed by atoms with Crippen molar-refractivity contribution in [3.05, 3.63) is 91.0 Å². The van der Waals surface area contributed by atoms with Crippen molar-refractivity contribution in [1.29, 1.82) is 0 Å². The van der Waals surface area contributed by atoms with E-state index in [0.29, 0.717) is 0 Å². The standard InChI is InChI=1S/C26H25N2O3P/c1-3-27-24(29)23(25(30)28(4-2)26(27)31)32(20-14-8-5-9-15-20,21-16-10-6-11-17-21)22-18-12-7-13-19-22/h5-19H,3-4H2,1-2H3. The van der Waals surface area contributed by atoms with Crippen molar-refractivity contribution in [3.8, 4) is 0 Å². The van der Waals surface area contributed by atoms with Crippen molar-refractivity contribution in [2.24, 2.45) is 0 Å². The molecule has 0 spiro atoms. The zero-order chi connectivity index (χ0) is 22.7. The second-order valence-corrected chi connectivity index (χ2v) is 10.7. The van der Waals surface area contributed by atoms with Crippen molar-refractivity contribution < 1.29 is 14.4 Å². The molecule has 162 valence electrons. The topological polar surface area (TPSA) is 57.7 Å². The van der Waals surface area contributed by atoms with Gasteiger partial charge in [-0.2, -0.15) is 0 Å². The Morgan fingerprint density at radius 1 is 0.562 bits per heavy atom. The number of amides is 4. The van der Waals surface area contributed by atoms with E-state index in [4.69, 9.17) is 0 Å². The van der Waals surface area contributed by atoms with Crippen LogP contribution in [0.25, 0.3) is 0 Å². The molecule has 0 aromatic heterocycles. The molecule has 4 amide bonds. The van der Waals surface area contributed by atoms with Crippen LogP contribution in [0.3, 0.4) is 0 Å². The van der Waals surface area contributed by atoms with Gasteiger partial charge in [0.15, 0.2) is 0 Å². The zero-order valence-corrected chi connectivity index (χ0v) is 19.0. The van der Waals surface area contributed by atoms with Crippen LogP contribution in [0.5, 0.6) is 0 Å². The van der Waals surface area contributed by atoms with Crippen LogP contribution in [0.2, 0.25) is 0 Å². The van der Waals surface area contributed by atoms with Gasteiger partial charge >= 0.3 is 6.03 Å². The maximum Gasteiger partial charge on any atom is 0.333 e. The number of urea groups is 1. The molecule has 0 aliphatic carbocycles. The van der Waals surface area contributed by atoms with Crippen LogP contribution in [0.4, 0.5) is 4.79 Å². The molecule has 3 aromatic rings. The Morgan fingerprint density at radius 2 is 0.875 bits per heavy atom. The smallest absolute Gasteiger partial charge is 0.268 e. The molecule has 0 atom stereocenters. The van der Waals surface area contributed by atoms with Crippen LogP contribution in [-0.2, 0) is 9.59 Å². The summed E-state index contributed by atoms with van der Waals surface area (Å²) in [4.78, 5) is 43.0. The molecule has 32 heavy (non-hydrogen) atoms. The molecule has 4 rings (SSSR count). The molecular formula is C26H25N2O3P. The van der Waals surface area contributed by atoms with Crippen LogP contribution in [0.15, 0.2) is 91.0 Å². The van der Waals surface area contributed by atoms with Gasteiger partial charge in [-0.1, -0.05) is 91.0 Å². The summed E-state index contributed by atoms with van der Waals surface area (Å²) in [6, 6.07) is 28.6. The largest absolute Gasteiger partial charge is 0.333 e. The summed E-state index contributed by atoms with van der Waals surface area (Å²) in [6.07, 6.45) is 0. The molecule has 1 aliphatic rings. The fraction of sp³-hybridized carbons (Fsp3) is 0.154. The van der Waals surface area contributed by atoms with Crippen molar-refractivity contribution in [2.45, 2.75) is 13.8 Å². The fourth-order valence-electron chi connectivity index (χ4n) is 4.30. The number of imide groups is 2. The maximum atomic E-state index is 13.9. The summed E-state index contributed by atoms with van der Waals surface area (Å²) in [6.45, 7) is 1.02. The predicted molar refractivity (Wildman–Crippen MR) is 130 cm³/mol. The van der Waals surface area contributed by atoms with E-state index in [2.05, 4.69) is 0 Å². The molecule has 1 fully saturated rings. The molecule has 3 aromatic carbocycles. The van der Waals surface area contributed by atoms with Gasteiger partial charge in [0.05, 0.1) is 0 Å². The average molecular weight is 444 g/mol. The Morgan fingerprint density at radius 3 is 1.16 bits per heavy atom. The Balaban J connectivity index is 2.26. The molecule has 1 saturated heterocycles. The summed E-state index contributed by atoms with van der Waals surface area (Å²) in [5.74, 6) is -1.01. The van der Waals surface area contributed by atoms with E-state index in [1.165, 1.54) is 9.80 Å². The molecule has 0 saturated carbocycles. The van der Waals surface area contributed by atoms with Crippen molar-refractivity contribution in [2.75, 3.05) is 13.1 Å². The van der Waals surface area contributed by atoms with E-state index < -0.39 is 24.7 Å². The molecule has 0 bridgehead atoms. The van der Waals surface area contributed by atoms with E-state index >= 15 is 0 Å². The van der Waals surface area contributed by atoms with E-state index in [-0.39, 0.29) is 18.4 Å². The summed E-state index contributed by atoms with van der Waals surface area (Å²) in [5.41, 5.74) is 0. The van der Waals surface area contributed by atoms with Crippen molar-refractivity contribution >= 4 is 45.9 Å². The lowest BCUT2D eigenvalue weighted by Gasteiger charge is -2.38. The normalized spacial score (nSPS) is 14.8. The van der Waals surface area contributed by atoms with Gasteiger partial charge in [0.2, 0.25) is 0 Å². The average Bonchev–Trinajstić information content (AvgIpc) is 2.84. The van der Waals surface area contributed by atoms with Gasteiger partial charge in [0.25, 0.3) is 11.8 Å². The highest BCUT2D eigenvalue weighted by Crippen LogP contribution is 2.47. The van der Waals surface area contributed by atoms with E-state index in [1.807, 2.05) is 91.0 Å². The lowest BCUT2D eigenvalue weighted by atomic mass is 10.2. The molecule has 6 heteroatoms. The van der Waals surface area contributed by atoms with Crippen LogP contribution >= 0.6 is 6.89 Å². The highest BCUT2D eigenvalue weighted by molar-refractivity contribution is 7.97. The Bertz CT molecular complexity index is 1080. The minimum atomic E-state index is -2.89. The molecule has 0 unspecified atom stereocenters. The number of hydrogen-bond acceptors (Lipinski definition) is 3. The second-order valence-electron chi connectivity index (χ2n) is 7.41. The van der Waals surface area contributed by atoms with Crippen LogP contribution in [0, 0.1) is 0 Å². The quantitative estimate of drug-likeness (QED) is 0.569. The summed E-state index contributed by atoms with van der Waals surface area (Å²) in [7, 11) is 0. The Labute approximate surface area is 188 Å². The van der Waals surface area contributed by atoms with Gasteiger partial charge in [-0.3, -0.25) is 19.4 Å². The molecule has 1 aliphatic heterocycles. The number of benzene rings is 3. The Hall–Kier alpha value is -3.43. The highest BCUT2D eigenvalue weighted by atomic mass is 31.2. The second kappa shape index (κ2) is 8.97. The lowest BCUT2D eigenvalue weighted by molar-refractivity contribution is -0.129. The summed E-state index contributed by atoms with van der Waals surface area (Å²) in [5, 5.41) is 2.87. The number of rotatable bonds is 5. The van der Waals surface area contributed by atoms with Gasteiger partial charge in [-0.25, -0.2) is 4.79 Å². The molecule has 0 radical (unpaired) electrons. The minimum Gasteiger partial charge on any atom is -0.268 e. The lowest BCUT2D eigenvalue weighted by Crippen LogP contribution is -2.61. The van der Waals surface area contributed by atoms with Crippen LogP contribution in [-0.4, -0.2) is 46.0 Å². The predicted octanol–water partition coefficient (Wildman–Crippen LogP) is 2.98. The number of carbonyl (C=O) groups excluding carboxylic acids is 3. The highest BCUT2D eigenvalue weighted by Gasteiger charge is 2.47. The van der Waals surface area contributed by atoms with Gasteiger partial charge in [-0.15, -0.1) is 0 Å². The first kappa shape index (κ1) is 21.8. The van der Waals surface area contributed by atoms with E-state index in [1.54, 1.807) is 13.8 Å². The number of carbonyl (C=O) groups is 3. The third kappa shape index (κ3) is 3.30. The number of hydrogen-bond donors (Lipinski definition) is 0. The van der Waals surface area contributed by atoms with E-state index in [9.17, 15) is 14.4 Å². The maximum absolute atomic E-state index is 13.9. The van der Waals surface area contributed by atoms with Gasteiger partial charge < -0.3 is 0 Å². The summed E-state index contributed by atoms with van der Waals surface area (Å²) >= 11 is 0. The first-order valence-corrected chi connectivity index (χ1v) is 12.5. The monoisotopic (exact) mass is 444 g/mol. The number of barbiturate groups is 1. The Kier molecular flexibility index (Phi) is 6.11. The molecule has 5 nitrogen and oxygen atoms in total. The zero-order valence-electron chi connectivity index (χ0n) is 18.1. The van der Waals surface area contributed by atoms with Crippen LogP contribution in [0.1, 0.15) is 13.8 Å².